The Morgan fingerprint density at radius 3 is 2.50 bits per heavy atom. The van der Waals surface area contributed by atoms with Crippen molar-refractivity contribution in [2.45, 2.75) is 19.4 Å². The van der Waals surface area contributed by atoms with Gasteiger partial charge in [0, 0.05) is 18.0 Å². The van der Waals surface area contributed by atoms with Crippen molar-refractivity contribution in [2.24, 2.45) is 0 Å². The summed E-state index contributed by atoms with van der Waals surface area (Å²) in [5, 5.41) is 2.18. The zero-order valence-corrected chi connectivity index (χ0v) is 14.4. The van der Waals surface area contributed by atoms with E-state index in [4.69, 9.17) is 4.74 Å². The molecule has 1 aliphatic rings. The minimum absolute atomic E-state index is 0.207. The summed E-state index contributed by atoms with van der Waals surface area (Å²) in [7, 11) is 0. The number of anilines is 1. The third kappa shape index (κ3) is 6.14. The van der Waals surface area contributed by atoms with E-state index in [1.165, 1.54) is 24.0 Å². The minimum Gasteiger partial charge on any atom is -0.451 e. The average Bonchev–Trinajstić information content (AvgIpc) is 2.92. The number of hydrogen-bond donors (Lipinski definition) is 1. The predicted octanol–water partition coefficient (Wildman–Crippen LogP) is 2.62. The molecule has 1 aromatic carbocycles. The summed E-state index contributed by atoms with van der Waals surface area (Å²) >= 11 is 1.10. The Bertz CT molecular complexity index is 681. The number of carbonyl (C=O) groups excluding carboxylic acids is 3. The summed E-state index contributed by atoms with van der Waals surface area (Å²) in [6, 6.07) is 4.51. The van der Waals surface area contributed by atoms with E-state index in [2.05, 4.69) is 10.1 Å². The van der Waals surface area contributed by atoms with E-state index in [1.807, 2.05) is 0 Å². The first-order valence-electron chi connectivity index (χ1n) is 7.42. The van der Waals surface area contributed by atoms with Gasteiger partial charge in [-0.15, -0.1) is 13.2 Å². The maximum atomic E-state index is 12.1. The molecule has 11 heteroatoms. The molecule has 1 aliphatic heterocycles. The van der Waals surface area contributed by atoms with Crippen LogP contribution in [0.25, 0.3) is 0 Å². The van der Waals surface area contributed by atoms with Crippen molar-refractivity contribution in [3.8, 4) is 5.75 Å². The van der Waals surface area contributed by atoms with Gasteiger partial charge in [-0.1, -0.05) is 11.8 Å². The number of benzene rings is 1. The Labute approximate surface area is 150 Å². The topological polar surface area (TPSA) is 84.9 Å². The van der Waals surface area contributed by atoms with Crippen molar-refractivity contribution < 1.29 is 37.0 Å². The summed E-state index contributed by atoms with van der Waals surface area (Å²) in [5.41, 5.74) is 0.207. The van der Waals surface area contributed by atoms with Gasteiger partial charge in [0.1, 0.15) is 12.3 Å². The van der Waals surface area contributed by atoms with Gasteiger partial charge in [-0.05, 0) is 31.2 Å². The van der Waals surface area contributed by atoms with Crippen molar-refractivity contribution in [1.82, 2.24) is 4.90 Å². The molecule has 0 bridgehead atoms. The van der Waals surface area contributed by atoms with Gasteiger partial charge in [-0.25, -0.2) is 0 Å². The summed E-state index contributed by atoms with van der Waals surface area (Å²) < 4.78 is 44.9. The Hall–Kier alpha value is -2.43. The fourth-order valence-corrected chi connectivity index (χ4v) is 2.82. The summed E-state index contributed by atoms with van der Waals surface area (Å²) in [5.74, 6) is -1.22. The van der Waals surface area contributed by atoms with E-state index >= 15 is 0 Å². The van der Waals surface area contributed by atoms with Crippen LogP contribution in [0.3, 0.4) is 0 Å². The number of alkyl halides is 3. The number of thioether (sulfide) groups is 1. The Balaban J connectivity index is 1.82. The molecule has 0 unspecified atom stereocenters. The zero-order chi connectivity index (χ0) is 19.3. The molecule has 1 saturated heterocycles. The fraction of sp³-hybridized carbons (Fsp3) is 0.400. The molecule has 1 heterocycles. The molecule has 0 radical (unpaired) electrons. The highest BCUT2D eigenvalue weighted by atomic mass is 32.2. The second-order valence-corrected chi connectivity index (χ2v) is 6.28. The summed E-state index contributed by atoms with van der Waals surface area (Å²) in [4.78, 5) is 36.5. The molecule has 0 saturated carbocycles. The molecule has 0 aliphatic carbocycles. The molecule has 142 valence electrons. The lowest BCUT2D eigenvalue weighted by atomic mass is 10.3. The highest BCUT2D eigenvalue weighted by Gasteiger charge is 2.31. The lowest BCUT2D eigenvalue weighted by molar-refractivity contribution is -0.274. The molecule has 1 fully saturated rings. The van der Waals surface area contributed by atoms with Crippen molar-refractivity contribution in [1.29, 1.82) is 0 Å². The molecule has 7 nitrogen and oxygen atoms in total. The molecule has 1 aromatic rings. The van der Waals surface area contributed by atoms with Crippen LogP contribution in [0.15, 0.2) is 24.3 Å². The van der Waals surface area contributed by atoms with Crippen LogP contribution in [0.5, 0.6) is 5.75 Å². The van der Waals surface area contributed by atoms with Gasteiger partial charge < -0.3 is 19.7 Å². The van der Waals surface area contributed by atoms with Crippen LogP contribution in [0.2, 0.25) is 0 Å². The van der Waals surface area contributed by atoms with Crippen molar-refractivity contribution in [3.05, 3.63) is 24.3 Å². The zero-order valence-electron chi connectivity index (χ0n) is 13.5. The van der Waals surface area contributed by atoms with Gasteiger partial charge in [0.2, 0.25) is 0 Å². The highest BCUT2D eigenvalue weighted by Crippen LogP contribution is 2.24. The van der Waals surface area contributed by atoms with Gasteiger partial charge in [-0.2, -0.15) is 0 Å². The lowest BCUT2D eigenvalue weighted by Crippen LogP contribution is -2.36. The molecule has 1 atom stereocenters. The Morgan fingerprint density at radius 2 is 1.96 bits per heavy atom. The molecule has 0 aromatic heterocycles. The minimum atomic E-state index is -4.80. The van der Waals surface area contributed by atoms with Crippen molar-refractivity contribution >= 4 is 34.6 Å². The molecule has 0 spiro atoms. The number of ether oxygens (including phenoxy) is 2. The fourth-order valence-electron chi connectivity index (χ4n) is 2.00. The number of nitrogens with zero attached hydrogens (tertiary/aromatic N) is 1. The smallest absolute Gasteiger partial charge is 0.451 e. The van der Waals surface area contributed by atoms with Crippen molar-refractivity contribution in [2.75, 3.05) is 24.2 Å². The van der Waals surface area contributed by atoms with Crippen LogP contribution in [0.4, 0.5) is 23.7 Å². The van der Waals surface area contributed by atoms with Gasteiger partial charge in [0.05, 0.1) is 0 Å². The standard InChI is InChI=1S/C15H15F3N2O5S/c1-9(24-12(21)8-20-6-7-26-14(20)23)13(22)19-10-2-4-11(5-3-10)25-15(16,17)18/h2-5,9H,6-8H2,1H3,(H,19,22)/t9-/m1/s1. The van der Waals surface area contributed by atoms with E-state index in [0.29, 0.717) is 12.3 Å². The van der Waals surface area contributed by atoms with Crippen LogP contribution in [0, 0.1) is 0 Å². The third-order valence-corrected chi connectivity index (χ3v) is 4.09. The number of hydrogen-bond acceptors (Lipinski definition) is 6. The predicted molar refractivity (Wildman–Crippen MR) is 86.7 cm³/mol. The lowest BCUT2D eigenvalue weighted by Gasteiger charge is -2.17. The Kier molecular flexibility index (Phi) is 6.35. The molecule has 26 heavy (non-hydrogen) atoms. The number of esters is 1. The van der Waals surface area contributed by atoms with Crippen LogP contribution in [-0.4, -0.2) is 53.3 Å². The molecule has 2 amide bonds. The van der Waals surface area contributed by atoms with E-state index in [9.17, 15) is 27.6 Å². The average molecular weight is 392 g/mol. The number of nitrogens with one attached hydrogen (secondary N) is 1. The summed E-state index contributed by atoms with van der Waals surface area (Å²) in [6.45, 7) is 1.54. The van der Waals surface area contributed by atoms with Crippen LogP contribution < -0.4 is 10.1 Å². The van der Waals surface area contributed by atoms with E-state index in [1.54, 1.807) is 0 Å². The second kappa shape index (κ2) is 8.30. The van der Waals surface area contributed by atoms with Gasteiger partial charge in [0.15, 0.2) is 6.10 Å². The van der Waals surface area contributed by atoms with E-state index in [-0.39, 0.29) is 17.5 Å². The quantitative estimate of drug-likeness (QED) is 0.750. The van der Waals surface area contributed by atoms with Crippen molar-refractivity contribution in [3.63, 3.8) is 0 Å². The first-order valence-corrected chi connectivity index (χ1v) is 8.40. The largest absolute Gasteiger partial charge is 0.573 e. The molecular formula is C15H15F3N2O5S. The van der Waals surface area contributed by atoms with Gasteiger partial charge in [-0.3, -0.25) is 14.4 Å². The number of rotatable bonds is 6. The van der Waals surface area contributed by atoms with Crippen LogP contribution >= 0.6 is 11.8 Å². The first kappa shape index (κ1) is 19.9. The molecule has 2 rings (SSSR count). The maximum absolute atomic E-state index is 12.1. The van der Waals surface area contributed by atoms with E-state index in [0.717, 1.165) is 23.9 Å². The normalized spacial score (nSPS) is 15.5. The number of amides is 2. The highest BCUT2D eigenvalue weighted by molar-refractivity contribution is 8.13. The van der Waals surface area contributed by atoms with E-state index < -0.39 is 30.1 Å². The molecule has 1 N–H and O–H groups in total. The van der Waals surface area contributed by atoms with Crippen LogP contribution in [0.1, 0.15) is 6.92 Å². The summed E-state index contributed by atoms with van der Waals surface area (Å²) in [6.07, 6.45) is -5.94. The van der Waals surface area contributed by atoms with Crippen LogP contribution in [-0.2, 0) is 14.3 Å². The monoisotopic (exact) mass is 392 g/mol. The second-order valence-electron chi connectivity index (χ2n) is 5.23. The maximum Gasteiger partial charge on any atom is 0.573 e. The van der Waals surface area contributed by atoms with Gasteiger partial charge >= 0.3 is 12.3 Å². The molecular weight excluding hydrogens is 377 g/mol. The number of halogens is 3. The SMILES string of the molecule is C[C@@H](OC(=O)CN1CCSC1=O)C(=O)Nc1ccc(OC(F)(F)F)cc1. The Morgan fingerprint density at radius 1 is 1.31 bits per heavy atom. The third-order valence-electron chi connectivity index (χ3n) is 3.20. The van der Waals surface area contributed by atoms with Gasteiger partial charge in [0.25, 0.3) is 11.1 Å². The first-order chi connectivity index (χ1) is 12.1. The number of carbonyl (C=O) groups is 3.